The molecule has 6 nitrogen and oxygen atoms in total. The zero-order valence-electron chi connectivity index (χ0n) is 8.11. The highest BCUT2D eigenvalue weighted by atomic mass is 35.5. The first kappa shape index (κ1) is 12.4. The minimum absolute atomic E-state index is 0.0448. The number of nitrogens with one attached hydrogen (secondary N) is 2. The molecule has 1 rings (SSSR count). The first-order valence-electron chi connectivity index (χ1n) is 4.51. The van der Waals surface area contributed by atoms with Crippen LogP contribution in [0.4, 0.5) is 0 Å². The van der Waals surface area contributed by atoms with Crippen molar-refractivity contribution >= 4 is 21.6 Å². The Morgan fingerprint density at radius 3 is 2.93 bits per heavy atom. The summed E-state index contributed by atoms with van der Waals surface area (Å²) in [5.41, 5.74) is 0. The summed E-state index contributed by atoms with van der Waals surface area (Å²) in [6.45, 7) is 0.389. The molecule has 0 saturated carbocycles. The van der Waals surface area contributed by atoms with Gasteiger partial charge in [0.1, 0.15) is 12.2 Å². The topological polar surface area (TPSA) is 87.7 Å². The quantitative estimate of drug-likeness (QED) is 0.524. The Morgan fingerprint density at radius 1 is 1.53 bits per heavy atom. The number of hydrogen-bond acceptors (Lipinski definition) is 4. The second-order valence-corrected chi connectivity index (χ2v) is 5.24. The number of nitrogens with zero attached hydrogens (tertiary/aromatic N) is 2. The van der Waals surface area contributed by atoms with Gasteiger partial charge in [-0.2, -0.15) is 5.10 Å². The van der Waals surface area contributed by atoms with Gasteiger partial charge in [0.2, 0.25) is 10.0 Å². The smallest absolute Gasteiger partial charge is 0.212 e. The second-order valence-electron chi connectivity index (χ2n) is 2.94. The van der Waals surface area contributed by atoms with Gasteiger partial charge in [-0.05, 0) is 6.42 Å². The van der Waals surface area contributed by atoms with Crippen molar-refractivity contribution in [3.63, 3.8) is 0 Å². The lowest BCUT2D eigenvalue weighted by atomic mass is 10.3. The van der Waals surface area contributed by atoms with Crippen LogP contribution in [0.25, 0.3) is 0 Å². The van der Waals surface area contributed by atoms with E-state index in [-0.39, 0.29) is 11.6 Å². The van der Waals surface area contributed by atoms with Gasteiger partial charge in [-0.25, -0.2) is 18.1 Å². The zero-order valence-corrected chi connectivity index (χ0v) is 9.68. The van der Waals surface area contributed by atoms with Gasteiger partial charge in [0, 0.05) is 18.8 Å². The van der Waals surface area contributed by atoms with E-state index >= 15 is 0 Å². The predicted octanol–water partition coefficient (Wildman–Crippen LogP) is -0.105. The Kier molecular flexibility index (Phi) is 5.00. The van der Waals surface area contributed by atoms with Crippen molar-refractivity contribution in [3.05, 3.63) is 12.2 Å². The monoisotopic (exact) mass is 252 g/mol. The molecule has 0 bridgehead atoms. The molecule has 0 amide bonds. The molecular weight excluding hydrogens is 240 g/mol. The fourth-order valence-corrected chi connectivity index (χ4v) is 2.42. The van der Waals surface area contributed by atoms with Crippen molar-refractivity contribution in [1.29, 1.82) is 0 Å². The van der Waals surface area contributed by atoms with E-state index in [4.69, 9.17) is 11.6 Å². The summed E-state index contributed by atoms with van der Waals surface area (Å²) in [6.07, 6.45) is 2.77. The first-order chi connectivity index (χ1) is 7.14. The highest BCUT2D eigenvalue weighted by molar-refractivity contribution is 7.89. The number of alkyl halides is 1. The summed E-state index contributed by atoms with van der Waals surface area (Å²) in [7, 11) is -3.20. The Hall–Kier alpha value is -0.660. The van der Waals surface area contributed by atoms with Gasteiger partial charge in [0.15, 0.2) is 0 Å². The lowest BCUT2D eigenvalue weighted by molar-refractivity contribution is 0.579. The molecule has 0 saturated heterocycles. The minimum atomic E-state index is -3.20. The van der Waals surface area contributed by atoms with Crippen molar-refractivity contribution in [2.24, 2.45) is 0 Å². The van der Waals surface area contributed by atoms with Gasteiger partial charge >= 0.3 is 0 Å². The average molecular weight is 253 g/mol. The number of halogens is 1. The number of sulfonamides is 1. The van der Waals surface area contributed by atoms with E-state index in [2.05, 4.69) is 19.9 Å². The molecule has 2 N–H and O–H groups in total. The first-order valence-corrected chi connectivity index (χ1v) is 6.70. The standard InChI is InChI=1S/C7H13ClN4O2S/c8-3-5-15(13,14)11-4-1-2-7-9-6-10-12-7/h6,11H,1-5H2,(H,9,10,12). The molecule has 0 fully saturated rings. The number of aromatic nitrogens is 3. The Balaban J connectivity index is 2.17. The summed E-state index contributed by atoms with van der Waals surface area (Å²) in [4.78, 5) is 3.92. The van der Waals surface area contributed by atoms with E-state index < -0.39 is 10.0 Å². The van der Waals surface area contributed by atoms with Crippen molar-refractivity contribution in [1.82, 2.24) is 19.9 Å². The van der Waals surface area contributed by atoms with Gasteiger partial charge in [-0.15, -0.1) is 11.6 Å². The summed E-state index contributed by atoms with van der Waals surface area (Å²) in [5, 5.41) is 6.39. The number of aromatic amines is 1. The van der Waals surface area contributed by atoms with Crippen LogP contribution in [0, 0.1) is 0 Å². The third-order valence-corrected chi connectivity index (χ3v) is 3.52. The highest BCUT2D eigenvalue weighted by Crippen LogP contribution is 1.93. The van der Waals surface area contributed by atoms with Crippen molar-refractivity contribution < 1.29 is 8.42 Å². The molecule has 0 atom stereocenters. The molecule has 0 aliphatic carbocycles. The molecule has 0 spiro atoms. The van der Waals surface area contributed by atoms with Crippen LogP contribution in [0.15, 0.2) is 6.33 Å². The molecular formula is C7H13ClN4O2S. The van der Waals surface area contributed by atoms with Crippen LogP contribution in [-0.2, 0) is 16.4 Å². The SMILES string of the molecule is O=S(=O)(CCCl)NCCCc1ncn[nH]1. The van der Waals surface area contributed by atoms with Gasteiger partial charge in [-0.3, -0.25) is 5.10 Å². The normalized spacial score (nSPS) is 11.8. The van der Waals surface area contributed by atoms with Crippen LogP contribution in [0.3, 0.4) is 0 Å². The van der Waals surface area contributed by atoms with E-state index in [0.29, 0.717) is 19.4 Å². The van der Waals surface area contributed by atoms with E-state index in [0.717, 1.165) is 5.82 Å². The summed E-state index contributed by atoms with van der Waals surface area (Å²) in [5.74, 6) is 0.820. The fourth-order valence-electron chi connectivity index (χ4n) is 1.01. The van der Waals surface area contributed by atoms with Crippen LogP contribution >= 0.6 is 11.6 Å². The van der Waals surface area contributed by atoms with E-state index in [9.17, 15) is 8.42 Å². The van der Waals surface area contributed by atoms with Crippen LogP contribution in [-0.4, -0.2) is 41.8 Å². The number of aryl methyl sites for hydroxylation is 1. The third-order valence-electron chi connectivity index (χ3n) is 1.72. The maximum Gasteiger partial charge on any atom is 0.212 e. The largest absolute Gasteiger partial charge is 0.263 e. The van der Waals surface area contributed by atoms with Gasteiger partial charge < -0.3 is 0 Å². The van der Waals surface area contributed by atoms with E-state index in [1.165, 1.54) is 6.33 Å². The lowest BCUT2D eigenvalue weighted by Gasteiger charge is -2.03. The molecule has 0 aromatic carbocycles. The number of H-pyrrole nitrogens is 1. The van der Waals surface area contributed by atoms with Gasteiger partial charge in [0.25, 0.3) is 0 Å². The fraction of sp³-hybridized carbons (Fsp3) is 0.714. The number of hydrogen-bond donors (Lipinski definition) is 2. The maximum absolute atomic E-state index is 11.2. The van der Waals surface area contributed by atoms with E-state index in [1.807, 2.05) is 0 Å². The van der Waals surface area contributed by atoms with Gasteiger partial charge in [0.05, 0.1) is 5.75 Å². The summed E-state index contributed by atoms with van der Waals surface area (Å²) >= 11 is 5.34. The Labute approximate surface area is 93.5 Å². The number of rotatable bonds is 7. The minimum Gasteiger partial charge on any atom is -0.263 e. The molecule has 0 aliphatic rings. The molecule has 15 heavy (non-hydrogen) atoms. The van der Waals surface area contributed by atoms with Crippen molar-refractivity contribution in [3.8, 4) is 0 Å². The van der Waals surface area contributed by atoms with Crippen LogP contribution in [0.1, 0.15) is 12.2 Å². The van der Waals surface area contributed by atoms with Crippen LogP contribution in [0.2, 0.25) is 0 Å². The van der Waals surface area contributed by atoms with Gasteiger partial charge in [-0.1, -0.05) is 0 Å². The van der Waals surface area contributed by atoms with Crippen molar-refractivity contribution in [2.75, 3.05) is 18.2 Å². The Bertz CT molecular complexity index is 364. The third kappa shape index (κ3) is 5.10. The molecule has 0 unspecified atom stereocenters. The molecule has 0 aliphatic heterocycles. The zero-order chi connectivity index (χ0) is 11.1. The molecule has 1 aromatic heterocycles. The van der Waals surface area contributed by atoms with Crippen molar-refractivity contribution in [2.45, 2.75) is 12.8 Å². The summed E-state index contributed by atoms with van der Waals surface area (Å²) in [6, 6.07) is 0. The van der Waals surface area contributed by atoms with Crippen LogP contribution in [0.5, 0.6) is 0 Å². The maximum atomic E-state index is 11.2. The van der Waals surface area contributed by atoms with E-state index in [1.54, 1.807) is 0 Å². The average Bonchev–Trinajstić information content (AvgIpc) is 2.65. The predicted molar refractivity (Wildman–Crippen MR) is 57.2 cm³/mol. The second kappa shape index (κ2) is 6.04. The Morgan fingerprint density at radius 2 is 2.33 bits per heavy atom. The van der Waals surface area contributed by atoms with Crippen LogP contribution < -0.4 is 4.72 Å². The molecule has 1 heterocycles. The molecule has 8 heteroatoms. The molecule has 86 valence electrons. The summed E-state index contributed by atoms with van der Waals surface area (Å²) < 4.78 is 24.8. The highest BCUT2D eigenvalue weighted by Gasteiger charge is 2.07. The molecule has 0 radical (unpaired) electrons. The lowest BCUT2D eigenvalue weighted by Crippen LogP contribution is -2.28. The molecule has 1 aromatic rings.